The van der Waals surface area contributed by atoms with E-state index >= 15 is 0 Å². The van der Waals surface area contributed by atoms with Crippen LogP contribution in [0.1, 0.15) is 38.3 Å². The molecule has 1 unspecified atom stereocenters. The number of nitrogens with one attached hydrogen (secondary N) is 1. The number of anilines is 2. The van der Waals surface area contributed by atoms with Crippen molar-refractivity contribution in [1.29, 1.82) is 0 Å². The van der Waals surface area contributed by atoms with Gasteiger partial charge in [0.05, 0.1) is 16.7 Å². The summed E-state index contributed by atoms with van der Waals surface area (Å²) < 4.78 is 2.52. The Labute approximate surface area is 328 Å². The molecule has 1 heterocycles. The van der Waals surface area contributed by atoms with Gasteiger partial charge in [-0.15, -0.1) is 0 Å². The van der Waals surface area contributed by atoms with Crippen LogP contribution in [0.25, 0.3) is 76.9 Å². The summed E-state index contributed by atoms with van der Waals surface area (Å²) >= 11 is 0. The van der Waals surface area contributed by atoms with Crippen molar-refractivity contribution < 1.29 is 0 Å². The molecular formula is C54H42N2. The second kappa shape index (κ2) is 12.4. The molecule has 0 radical (unpaired) electrons. The molecule has 0 fully saturated rings. The normalized spacial score (nSPS) is 15.9. The van der Waals surface area contributed by atoms with E-state index in [4.69, 9.17) is 0 Å². The maximum atomic E-state index is 3.83. The first-order chi connectivity index (χ1) is 27.4. The Balaban J connectivity index is 1.13. The van der Waals surface area contributed by atoms with Crippen LogP contribution in [0, 0.1) is 5.92 Å². The molecular weight excluding hydrogens is 677 g/mol. The first-order valence-corrected chi connectivity index (χ1v) is 19.9. The summed E-state index contributed by atoms with van der Waals surface area (Å²) in [6.45, 7) is 7.16. The minimum atomic E-state index is -0.0592. The Kier molecular flexibility index (Phi) is 7.28. The van der Waals surface area contributed by atoms with E-state index < -0.39 is 0 Å². The average molecular weight is 719 g/mol. The third-order valence-corrected chi connectivity index (χ3v) is 12.5. The average Bonchev–Trinajstić information content (AvgIpc) is 3.66. The van der Waals surface area contributed by atoms with Gasteiger partial charge in [-0.1, -0.05) is 148 Å². The van der Waals surface area contributed by atoms with Crippen molar-refractivity contribution >= 4 is 60.3 Å². The molecule has 1 aromatic heterocycles. The van der Waals surface area contributed by atoms with Gasteiger partial charge in [0.25, 0.3) is 0 Å². The van der Waals surface area contributed by atoms with E-state index in [1.807, 2.05) is 0 Å². The van der Waals surface area contributed by atoms with Crippen molar-refractivity contribution in [3.05, 3.63) is 193 Å². The van der Waals surface area contributed by atoms with Crippen LogP contribution in [0.15, 0.2) is 182 Å². The van der Waals surface area contributed by atoms with E-state index in [0.29, 0.717) is 5.92 Å². The highest BCUT2D eigenvalue weighted by atomic mass is 15.0. The lowest BCUT2D eigenvalue weighted by atomic mass is 9.79. The van der Waals surface area contributed by atoms with Crippen LogP contribution in [0.5, 0.6) is 0 Å². The molecule has 56 heavy (non-hydrogen) atoms. The van der Waals surface area contributed by atoms with Gasteiger partial charge in [-0.05, 0) is 111 Å². The summed E-state index contributed by atoms with van der Waals surface area (Å²) in [7, 11) is 0. The predicted octanol–water partition coefficient (Wildman–Crippen LogP) is 14.8. The zero-order valence-corrected chi connectivity index (χ0v) is 32.0. The Morgan fingerprint density at radius 3 is 2.05 bits per heavy atom. The van der Waals surface area contributed by atoms with Crippen LogP contribution in [-0.4, -0.2) is 4.57 Å². The fourth-order valence-electron chi connectivity index (χ4n) is 9.69. The summed E-state index contributed by atoms with van der Waals surface area (Å²) in [4.78, 5) is 0. The van der Waals surface area contributed by atoms with Gasteiger partial charge in [0.15, 0.2) is 0 Å². The number of fused-ring (bicyclic) bond motifs is 7. The smallest absolute Gasteiger partial charge is 0.0544 e. The highest BCUT2D eigenvalue weighted by Gasteiger charge is 2.39. The number of allylic oxidation sites excluding steroid dienone is 4. The number of aromatic nitrogens is 1. The zero-order valence-electron chi connectivity index (χ0n) is 32.0. The van der Waals surface area contributed by atoms with Gasteiger partial charge in [0, 0.05) is 43.9 Å². The van der Waals surface area contributed by atoms with Crippen molar-refractivity contribution in [3.8, 4) is 27.9 Å². The van der Waals surface area contributed by atoms with E-state index in [1.54, 1.807) is 0 Å². The largest absolute Gasteiger partial charge is 0.355 e. The molecule has 0 saturated heterocycles. The lowest BCUT2D eigenvalue weighted by molar-refractivity contribution is 0.643. The van der Waals surface area contributed by atoms with Crippen LogP contribution in [0.2, 0.25) is 0 Å². The quantitative estimate of drug-likeness (QED) is 0.187. The molecule has 0 aliphatic heterocycles. The van der Waals surface area contributed by atoms with Gasteiger partial charge in [0.2, 0.25) is 0 Å². The number of benzene rings is 8. The molecule has 8 aromatic carbocycles. The minimum Gasteiger partial charge on any atom is -0.355 e. The third-order valence-electron chi connectivity index (χ3n) is 12.5. The van der Waals surface area contributed by atoms with Crippen molar-refractivity contribution in [2.75, 3.05) is 5.32 Å². The summed E-state index contributed by atoms with van der Waals surface area (Å²) in [5.74, 6) is 0.534. The standard InChI is InChI=1S/C54H42N2/c1-34-23-26-47-43(29-34)44-32-46-45-31-39(25-28-52(45)56(53(46)33-48(44)54(47,2)3)51-22-12-18-36-16-8-10-20-41(36)51)38-24-27-50(42(30-38)37-13-5-4-6-14-37)55-49-21-11-17-35-15-7-9-19-40(35)49/h4-28,30-34,55H,29H2,1-3H3. The summed E-state index contributed by atoms with van der Waals surface area (Å²) in [6, 6.07) is 60.3. The highest BCUT2D eigenvalue weighted by Crippen LogP contribution is 2.53. The molecule has 9 aromatic rings. The molecule has 1 N–H and O–H groups in total. The predicted molar refractivity (Wildman–Crippen MR) is 239 cm³/mol. The summed E-state index contributed by atoms with van der Waals surface area (Å²) in [5.41, 5.74) is 16.4. The second-order valence-corrected chi connectivity index (χ2v) is 16.3. The minimum absolute atomic E-state index is 0.0592. The summed E-state index contributed by atoms with van der Waals surface area (Å²) in [6.07, 6.45) is 5.89. The molecule has 2 nitrogen and oxygen atoms in total. The number of nitrogens with zero attached hydrogens (tertiary/aromatic N) is 1. The Bertz CT molecular complexity index is 3110. The summed E-state index contributed by atoms with van der Waals surface area (Å²) in [5, 5.41) is 11.3. The van der Waals surface area contributed by atoms with Crippen molar-refractivity contribution in [2.24, 2.45) is 5.92 Å². The Morgan fingerprint density at radius 2 is 1.21 bits per heavy atom. The monoisotopic (exact) mass is 718 g/mol. The molecule has 2 heteroatoms. The van der Waals surface area contributed by atoms with E-state index in [9.17, 15) is 0 Å². The maximum Gasteiger partial charge on any atom is 0.0544 e. The van der Waals surface area contributed by atoms with E-state index in [-0.39, 0.29) is 5.41 Å². The molecule has 1 atom stereocenters. The van der Waals surface area contributed by atoms with Gasteiger partial charge >= 0.3 is 0 Å². The molecule has 2 aliphatic carbocycles. The van der Waals surface area contributed by atoms with Gasteiger partial charge < -0.3 is 9.88 Å². The van der Waals surface area contributed by atoms with Crippen LogP contribution >= 0.6 is 0 Å². The van der Waals surface area contributed by atoms with E-state index in [1.165, 1.54) is 93.6 Å². The van der Waals surface area contributed by atoms with Gasteiger partial charge in [0.1, 0.15) is 0 Å². The zero-order chi connectivity index (χ0) is 37.5. The molecule has 11 rings (SSSR count). The molecule has 0 amide bonds. The lowest BCUT2D eigenvalue weighted by Crippen LogP contribution is -2.17. The molecule has 0 saturated carbocycles. The SMILES string of the molecule is CC1C=CC2=C(C1)c1cc3c4cc(-c5ccc(Nc6cccc7ccccc67)c(-c6ccccc6)c5)ccc4n(-c4cccc5ccccc45)c3cc1C2(C)C. The number of rotatable bonds is 5. The van der Waals surface area contributed by atoms with Gasteiger partial charge in [-0.25, -0.2) is 0 Å². The van der Waals surface area contributed by atoms with Crippen LogP contribution < -0.4 is 5.32 Å². The Hall–Kier alpha value is -6.64. The number of hydrogen-bond acceptors (Lipinski definition) is 1. The van der Waals surface area contributed by atoms with Crippen LogP contribution in [-0.2, 0) is 5.41 Å². The first-order valence-electron chi connectivity index (χ1n) is 19.9. The molecule has 268 valence electrons. The van der Waals surface area contributed by atoms with Crippen LogP contribution in [0.4, 0.5) is 11.4 Å². The molecule has 0 bridgehead atoms. The molecule has 0 spiro atoms. The van der Waals surface area contributed by atoms with Gasteiger partial charge in [-0.3, -0.25) is 0 Å². The van der Waals surface area contributed by atoms with Crippen molar-refractivity contribution in [3.63, 3.8) is 0 Å². The highest BCUT2D eigenvalue weighted by molar-refractivity contribution is 6.13. The third kappa shape index (κ3) is 5.02. The van der Waals surface area contributed by atoms with Crippen molar-refractivity contribution in [1.82, 2.24) is 4.57 Å². The second-order valence-electron chi connectivity index (χ2n) is 16.3. The fraction of sp³-hybridized carbons (Fsp3) is 0.111. The van der Waals surface area contributed by atoms with Crippen LogP contribution in [0.3, 0.4) is 0 Å². The van der Waals surface area contributed by atoms with Gasteiger partial charge in [-0.2, -0.15) is 0 Å². The fourth-order valence-corrected chi connectivity index (χ4v) is 9.69. The Morgan fingerprint density at radius 1 is 0.536 bits per heavy atom. The maximum absolute atomic E-state index is 3.83. The molecule has 2 aliphatic rings. The van der Waals surface area contributed by atoms with Crippen molar-refractivity contribution in [2.45, 2.75) is 32.6 Å². The number of hydrogen-bond donors (Lipinski definition) is 1. The lowest BCUT2D eigenvalue weighted by Gasteiger charge is -2.25. The van der Waals surface area contributed by atoms with E-state index in [2.05, 4.69) is 207 Å². The van der Waals surface area contributed by atoms with E-state index in [0.717, 1.165) is 17.8 Å². The first kappa shape index (κ1) is 32.8. The topological polar surface area (TPSA) is 17.0 Å².